The van der Waals surface area contributed by atoms with Crippen LogP contribution in [0.4, 0.5) is 4.39 Å². The summed E-state index contributed by atoms with van der Waals surface area (Å²) in [4.78, 5) is 35.6. The first-order valence-corrected chi connectivity index (χ1v) is 8.22. The second-order valence-corrected chi connectivity index (χ2v) is 6.31. The monoisotopic (exact) mass is 372 g/mol. The summed E-state index contributed by atoms with van der Waals surface area (Å²) in [6.45, 7) is 3.90. The van der Waals surface area contributed by atoms with Crippen LogP contribution in [0.25, 0.3) is 0 Å². The lowest BCUT2D eigenvalue weighted by molar-refractivity contribution is -0.145. The molecule has 2 N–H and O–H groups in total. The third kappa shape index (κ3) is 7.09. The molecule has 1 atom stereocenters. The van der Waals surface area contributed by atoms with Gasteiger partial charge in [-0.15, -0.1) is 0 Å². The zero-order valence-corrected chi connectivity index (χ0v) is 15.2. The molecule has 1 aromatic rings. The maximum atomic E-state index is 13.0. The van der Waals surface area contributed by atoms with Crippen LogP contribution in [0.15, 0.2) is 18.2 Å². The van der Waals surface area contributed by atoms with E-state index in [0.29, 0.717) is 6.42 Å². The first-order chi connectivity index (χ1) is 11.7. The number of hydrogen-bond donors (Lipinski definition) is 2. The first-order valence-electron chi connectivity index (χ1n) is 7.85. The quantitative estimate of drug-likeness (QED) is 0.686. The Bertz CT molecular complexity index is 637. The normalized spacial score (nSPS) is 11.8. The number of ether oxygens (including phenoxy) is 1. The highest BCUT2D eigenvalue weighted by molar-refractivity contribution is 6.33. The molecular formula is C17H22ClFN2O4. The van der Waals surface area contributed by atoms with Crippen molar-refractivity contribution in [2.45, 2.75) is 32.7 Å². The van der Waals surface area contributed by atoms with Crippen LogP contribution in [0, 0.1) is 11.7 Å². The van der Waals surface area contributed by atoms with Gasteiger partial charge in [0.25, 0.3) is 5.91 Å². The molecule has 0 aliphatic rings. The summed E-state index contributed by atoms with van der Waals surface area (Å²) >= 11 is 5.80. The summed E-state index contributed by atoms with van der Waals surface area (Å²) in [5.41, 5.74) is 0.121. The molecule has 2 amide bonds. The van der Waals surface area contributed by atoms with Crippen LogP contribution >= 0.6 is 11.6 Å². The van der Waals surface area contributed by atoms with Crippen LogP contribution in [0.3, 0.4) is 0 Å². The van der Waals surface area contributed by atoms with Crippen molar-refractivity contribution in [2.24, 2.45) is 5.92 Å². The SMILES string of the molecule is COC(=O)C(CC(C)C)NC(=O)CCNC(=O)c1ccc(F)cc1Cl. The Morgan fingerprint density at radius 2 is 1.96 bits per heavy atom. The van der Waals surface area contributed by atoms with E-state index in [-0.39, 0.29) is 35.4 Å². The zero-order valence-electron chi connectivity index (χ0n) is 14.4. The van der Waals surface area contributed by atoms with Gasteiger partial charge in [-0.1, -0.05) is 25.4 Å². The minimum Gasteiger partial charge on any atom is -0.467 e. The Labute approximate surface area is 151 Å². The van der Waals surface area contributed by atoms with Gasteiger partial charge in [-0.3, -0.25) is 9.59 Å². The molecular weight excluding hydrogens is 351 g/mol. The number of amides is 2. The predicted molar refractivity (Wildman–Crippen MR) is 91.8 cm³/mol. The second-order valence-electron chi connectivity index (χ2n) is 5.90. The highest BCUT2D eigenvalue weighted by Crippen LogP contribution is 2.16. The number of carbonyl (C=O) groups excluding carboxylic acids is 3. The van der Waals surface area contributed by atoms with Gasteiger partial charge in [-0.2, -0.15) is 0 Å². The van der Waals surface area contributed by atoms with Gasteiger partial charge < -0.3 is 15.4 Å². The molecule has 0 aliphatic heterocycles. The predicted octanol–water partition coefficient (Wildman–Crippen LogP) is 2.30. The van der Waals surface area contributed by atoms with Gasteiger partial charge in [-0.05, 0) is 30.5 Å². The number of hydrogen-bond acceptors (Lipinski definition) is 4. The van der Waals surface area contributed by atoms with Crippen molar-refractivity contribution in [3.63, 3.8) is 0 Å². The molecule has 0 aromatic heterocycles. The Kier molecular flexibility index (Phi) is 8.34. The van der Waals surface area contributed by atoms with E-state index in [9.17, 15) is 18.8 Å². The maximum absolute atomic E-state index is 13.0. The minimum absolute atomic E-state index is 0.00959. The molecule has 6 nitrogen and oxygen atoms in total. The summed E-state index contributed by atoms with van der Waals surface area (Å²) in [6, 6.07) is 2.71. The third-order valence-corrected chi connectivity index (χ3v) is 3.65. The summed E-state index contributed by atoms with van der Waals surface area (Å²) in [5, 5.41) is 5.11. The van der Waals surface area contributed by atoms with E-state index >= 15 is 0 Å². The van der Waals surface area contributed by atoms with Crippen molar-refractivity contribution in [1.29, 1.82) is 0 Å². The van der Waals surface area contributed by atoms with E-state index in [1.54, 1.807) is 0 Å². The average molecular weight is 373 g/mol. The van der Waals surface area contributed by atoms with Crippen molar-refractivity contribution in [3.8, 4) is 0 Å². The van der Waals surface area contributed by atoms with Crippen molar-refractivity contribution < 1.29 is 23.5 Å². The highest BCUT2D eigenvalue weighted by Gasteiger charge is 2.22. The van der Waals surface area contributed by atoms with E-state index < -0.39 is 23.7 Å². The van der Waals surface area contributed by atoms with Gasteiger partial charge in [0, 0.05) is 13.0 Å². The standard InChI is InChI=1S/C17H22ClFN2O4/c1-10(2)8-14(17(24)25-3)21-15(22)6-7-20-16(23)12-5-4-11(19)9-13(12)18/h4-5,9-10,14H,6-8H2,1-3H3,(H,20,23)(H,21,22). The van der Waals surface area contributed by atoms with E-state index in [2.05, 4.69) is 15.4 Å². The van der Waals surface area contributed by atoms with Crippen molar-refractivity contribution in [2.75, 3.05) is 13.7 Å². The molecule has 1 rings (SSSR count). The average Bonchev–Trinajstić information content (AvgIpc) is 2.52. The molecule has 0 aliphatic carbocycles. The Morgan fingerprint density at radius 1 is 1.28 bits per heavy atom. The smallest absolute Gasteiger partial charge is 0.328 e. The topological polar surface area (TPSA) is 84.5 Å². The zero-order chi connectivity index (χ0) is 19.0. The first kappa shape index (κ1) is 20.9. The van der Waals surface area contributed by atoms with Crippen molar-refractivity contribution in [3.05, 3.63) is 34.6 Å². The molecule has 1 unspecified atom stereocenters. The van der Waals surface area contributed by atoms with Gasteiger partial charge in [0.1, 0.15) is 11.9 Å². The summed E-state index contributed by atoms with van der Waals surface area (Å²) in [7, 11) is 1.26. The second kappa shape index (κ2) is 9.98. The molecule has 0 heterocycles. The summed E-state index contributed by atoms with van der Waals surface area (Å²) in [5.74, 6) is -1.75. The van der Waals surface area contributed by atoms with Gasteiger partial charge in [0.05, 0.1) is 17.7 Å². The fraction of sp³-hybridized carbons (Fsp3) is 0.471. The number of carbonyl (C=O) groups is 3. The van der Waals surface area contributed by atoms with Gasteiger partial charge in [-0.25, -0.2) is 9.18 Å². The van der Waals surface area contributed by atoms with Crippen molar-refractivity contribution >= 4 is 29.4 Å². The highest BCUT2D eigenvalue weighted by atomic mass is 35.5. The van der Waals surface area contributed by atoms with Gasteiger partial charge >= 0.3 is 5.97 Å². The number of halogens is 2. The lowest BCUT2D eigenvalue weighted by atomic mass is 10.0. The van der Waals surface area contributed by atoms with E-state index in [4.69, 9.17) is 11.6 Å². The molecule has 0 radical (unpaired) electrons. The van der Waals surface area contributed by atoms with E-state index in [1.165, 1.54) is 13.2 Å². The molecule has 138 valence electrons. The third-order valence-electron chi connectivity index (χ3n) is 3.34. The largest absolute Gasteiger partial charge is 0.467 e. The molecule has 0 spiro atoms. The van der Waals surface area contributed by atoms with Crippen LogP contribution in [0.5, 0.6) is 0 Å². The van der Waals surface area contributed by atoms with Gasteiger partial charge in [0.15, 0.2) is 0 Å². The molecule has 25 heavy (non-hydrogen) atoms. The van der Waals surface area contributed by atoms with Crippen LogP contribution in [-0.2, 0) is 14.3 Å². The summed E-state index contributed by atoms with van der Waals surface area (Å²) in [6.07, 6.45) is 0.437. The number of nitrogens with one attached hydrogen (secondary N) is 2. The minimum atomic E-state index is -0.722. The van der Waals surface area contributed by atoms with Crippen LogP contribution in [-0.4, -0.2) is 37.5 Å². The number of esters is 1. The van der Waals surface area contributed by atoms with Crippen LogP contribution in [0.2, 0.25) is 5.02 Å². The lowest BCUT2D eigenvalue weighted by Gasteiger charge is -2.18. The maximum Gasteiger partial charge on any atom is 0.328 e. The fourth-order valence-electron chi connectivity index (χ4n) is 2.15. The molecule has 0 saturated heterocycles. The molecule has 8 heteroatoms. The molecule has 0 saturated carbocycles. The number of methoxy groups -OCH3 is 1. The number of benzene rings is 1. The molecule has 0 fully saturated rings. The summed E-state index contributed by atoms with van der Waals surface area (Å²) < 4.78 is 17.6. The molecule has 1 aromatic carbocycles. The number of rotatable bonds is 8. The van der Waals surface area contributed by atoms with Crippen LogP contribution in [0.1, 0.15) is 37.0 Å². The Morgan fingerprint density at radius 3 is 2.52 bits per heavy atom. The van der Waals surface area contributed by atoms with E-state index in [1.807, 2.05) is 13.8 Å². The Hall–Kier alpha value is -2.15. The molecule has 0 bridgehead atoms. The van der Waals surface area contributed by atoms with Crippen molar-refractivity contribution in [1.82, 2.24) is 10.6 Å². The van der Waals surface area contributed by atoms with E-state index in [0.717, 1.165) is 12.1 Å². The van der Waals surface area contributed by atoms with Crippen LogP contribution < -0.4 is 10.6 Å². The lowest BCUT2D eigenvalue weighted by Crippen LogP contribution is -2.43. The van der Waals surface area contributed by atoms with Gasteiger partial charge in [0.2, 0.25) is 5.91 Å². The Balaban J connectivity index is 2.50. The fourth-order valence-corrected chi connectivity index (χ4v) is 2.41.